The second-order valence-electron chi connectivity index (χ2n) is 10.0. The second kappa shape index (κ2) is 9.52. The van der Waals surface area contributed by atoms with Crippen LogP contribution in [0.4, 0.5) is 0 Å². The normalized spacial score (nSPS) is 22.3. The van der Waals surface area contributed by atoms with Gasteiger partial charge in [-0.1, -0.05) is 18.7 Å². The predicted octanol–water partition coefficient (Wildman–Crippen LogP) is 2.42. The minimum atomic E-state index is -0.703. The minimum absolute atomic E-state index is 0.0127. The Hall–Kier alpha value is -3.49. The fourth-order valence-corrected chi connectivity index (χ4v) is 5.17. The van der Waals surface area contributed by atoms with E-state index in [4.69, 9.17) is 9.72 Å². The molecule has 0 aromatic carbocycles. The van der Waals surface area contributed by atoms with Gasteiger partial charge in [-0.25, -0.2) is 0 Å². The van der Waals surface area contributed by atoms with Crippen molar-refractivity contribution in [2.45, 2.75) is 37.8 Å². The van der Waals surface area contributed by atoms with Gasteiger partial charge in [-0.2, -0.15) is 0 Å². The zero-order chi connectivity index (χ0) is 25.4. The van der Waals surface area contributed by atoms with E-state index in [0.29, 0.717) is 13.2 Å². The first-order chi connectivity index (χ1) is 17.3. The van der Waals surface area contributed by atoms with Crippen LogP contribution in [0.5, 0.6) is 0 Å². The number of aromatic nitrogens is 2. The van der Waals surface area contributed by atoms with Crippen molar-refractivity contribution >= 4 is 17.4 Å². The highest BCUT2D eigenvalue weighted by Gasteiger charge is 2.36. The van der Waals surface area contributed by atoms with Crippen LogP contribution in [-0.2, 0) is 28.8 Å². The standard InChI is InChI=1S/C28H33N5O3/c1-5-24(34)32-23-14-17(8-10-28(23,2)36-13-12-33(3)4)22-15-20-18(16-30-22)6-7-19-25-21(31-26(19)20)9-11-29-27(25)35/h5,8,10,14-16,23,31H,1,6-7,9,11-13H2,2-4H3,(H,29,35)(H,32,34). The van der Waals surface area contributed by atoms with E-state index in [1.807, 2.05) is 45.4 Å². The molecule has 2 amide bonds. The number of hydrogen-bond donors (Lipinski definition) is 3. The van der Waals surface area contributed by atoms with Crippen LogP contribution < -0.4 is 10.6 Å². The van der Waals surface area contributed by atoms with Crippen LogP contribution in [-0.4, -0.2) is 72.1 Å². The van der Waals surface area contributed by atoms with E-state index < -0.39 is 5.60 Å². The minimum Gasteiger partial charge on any atom is -0.367 e. The van der Waals surface area contributed by atoms with E-state index in [0.717, 1.165) is 65.2 Å². The molecule has 2 aromatic rings. The van der Waals surface area contributed by atoms with Gasteiger partial charge in [0.15, 0.2) is 0 Å². The Balaban J connectivity index is 1.48. The fourth-order valence-electron chi connectivity index (χ4n) is 5.17. The smallest absolute Gasteiger partial charge is 0.253 e. The lowest BCUT2D eigenvalue weighted by Crippen LogP contribution is -2.51. The molecule has 188 valence electrons. The first kappa shape index (κ1) is 24.2. The summed E-state index contributed by atoms with van der Waals surface area (Å²) < 4.78 is 6.23. The van der Waals surface area contributed by atoms with Crippen LogP contribution >= 0.6 is 0 Å². The number of fused-ring (bicyclic) bond motifs is 5. The lowest BCUT2D eigenvalue weighted by molar-refractivity contribution is -0.118. The van der Waals surface area contributed by atoms with Crippen LogP contribution in [0, 0.1) is 0 Å². The van der Waals surface area contributed by atoms with Crippen LogP contribution in [0.25, 0.3) is 16.8 Å². The third-order valence-corrected chi connectivity index (χ3v) is 7.26. The third-order valence-electron chi connectivity index (χ3n) is 7.26. The van der Waals surface area contributed by atoms with Crippen molar-refractivity contribution < 1.29 is 14.3 Å². The van der Waals surface area contributed by atoms with Gasteiger partial charge in [-0.15, -0.1) is 0 Å². The predicted molar refractivity (Wildman–Crippen MR) is 140 cm³/mol. The number of nitrogens with one attached hydrogen (secondary N) is 3. The van der Waals surface area contributed by atoms with Crippen LogP contribution in [0.15, 0.2) is 43.1 Å². The van der Waals surface area contributed by atoms with Gasteiger partial charge in [-0.3, -0.25) is 14.6 Å². The van der Waals surface area contributed by atoms with Crippen molar-refractivity contribution in [3.05, 3.63) is 71.2 Å². The Kier molecular flexibility index (Phi) is 6.40. The van der Waals surface area contributed by atoms with E-state index in [9.17, 15) is 9.59 Å². The number of carbonyl (C=O) groups excluding carboxylic acids is 2. The number of pyridine rings is 1. The Morgan fingerprint density at radius 3 is 2.97 bits per heavy atom. The number of aromatic amines is 1. The Bertz CT molecular complexity index is 1290. The summed E-state index contributed by atoms with van der Waals surface area (Å²) in [7, 11) is 4.00. The number of carbonyl (C=O) groups is 2. The molecule has 2 aliphatic carbocycles. The van der Waals surface area contributed by atoms with Gasteiger partial charge < -0.3 is 25.3 Å². The van der Waals surface area contributed by atoms with Crippen molar-refractivity contribution in [3.63, 3.8) is 0 Å². The van der Waals surface area contributed by atoms with E-state index in [1.165, 1.54) is 11.6 Å². The molecule has 5 rings (SSSR count). The molecule has 0 saturated heterocycles. The molecule has 2 unspecified atom stereocenters. The van der Waals surface area contributed by atoms with Gasteiger partial charge in [0.2, 0.25) is 5.91 Å². The lowest BCUT2D eigenvalue weighted by Gasteiger charge is -2.37. The summed E-state index contributed by atoms with van der Waals surface area (Å²) in [4.78, 5) is 35.2. The van der Waals surface area contributed by atoms with Crippen molar-refractivity contribution in [2.75, 3.05) is 33.8 Å². The summed E-state index contributed by atoms with van der Waals surface area (Å²) in [6, 6.07) is 1.70. The number of rotatable bonds is 7. The molecule has 3 aliphatic rings. The molecule has 3 heterocycles. The first-order valence-electron chi connectivity index (χ1n) is 12.4. The van der Waals surface area contributed by atoms with Gasteiger partial charge >= 0.3 is 0 Å². The van der Waals surface area contributed by atoms with Gasteiger partial charge in [0.05, 0.1) is 29.6 Å². The van der Waals surface area contributed by atoms with Crippen molar-refractivity contribution in [3.8, 4) is 11.3 Å². The molecule has 2 aromatic heterocycles. The van der Waals surface area contributed by atoms with Gasteiger partial charge in [-0.05, 0) is 68.8 Å². The summed E-state index contributed by atoms with van der Waals surface area (Å²) in [5, 5.41) is 5.98. The molecule has 0 saturated carbocycles. The van der Waals surface area contributed by atoms with Crippen LogP contribution in [0.2, 0.25) is 0 Å². The average Bonchev–Trinajstić information content (AvgIpc) is 3.25. The number of hydrogen-bond acceptors (Lipinski definition) is 5. The molecule has 0 fully saturated rings. The molecular weight excluding hydrogens is 454 g/mol. The molecule has 36 heavy (non-hydrogen) atoms. The Labute approximate surface area is 211 Å². The average molecular weight is 488 g/mol. The summed E-state index contributed by atoms with van der Waals surface area (Å²) in [6.45, 7) is 7.53. The number of H-pyrrole nitrogens is 1. The maximum atomic E-state index is 12.5. The molecule has 3 N–H and O–H groups in total. The van der Waals surface area contributed by atoms with E-state index in [-0.39, 0.29) is 17.9 Å². The van der Waals surface area contributed by atoms with Crippen molar-refractivity contribution in [2.24, 2.45) is 0 Å². The molecule has 0 radical (unpaired) electrons. The molecule has 1 aliphatic heterocycles. The monoisotopic (exact) mass is 487 g/mol. The second-order valence-corrected chi connectivity index (χ2v) is 10.0. The van der Waals surface area contributed by atoms with Crippen molar-refractivity contribution in [1.82, 2.24) is 25.5 Å². The highest BCUT2D eigenvalue weighted by Crippen LogP contribution is 2.39. The number of ether oxygens (including phenoxy) is 1. The number of likely N-dealkylation sites (N-methyl/N-ethyl adjacent to an activating group) is 1. The number of nitrogens with zero attached hydrogens (tertiary/aromatic N) is 2. The molecule has 0 bridgehead atoms. The SMILES string of the molecule is C=CC(=O)NC1C=C(c2cc3c(cn2)CCc2c-3[nH]c3c2C(=O)NCC3)C=CC1(C)OCCN(C)C. The van der Waals surface area contributed by atoms with E-state index in [2.05, 4.69) is 33.2 Å². The lowest BCUT2D eigenvalue weighted by atomic mass is 9.85. The molecule has 0 spiro atoms. The number of allylic oxidation sites excluding steroid dienone is 2. The fraction of sp³-hybridized carbons (Fsp3) is 0.393. The highest BCUT2D eigenvalue weighted by atomic mass is 16.5. The maximum Gasteiger partial charge on any atom is 0.253 e. The molecular formula is C28H33N5O3. The molecule has 8 heteroatoms. The van der Waals surface area contributed by atoms with Gasteiger partial charge in [0.1, 0.15) is 5.60 Å². The molecule has 2 atom stereocenters. The summed E-state index contributed by atoms with van der Waals surface area (Å²) in [5.74, 6) is -0.245. The largest absolute Gasteiger partial charge is 0.367 e. The Morgan fingerprint density at radius 2 is 2.19 bits per heavy atom. The van der Waals surface area contributed by atoms with Gasteiger partial charge in [0.25, 0.3) is 5.91 Å². The van der Waals surface area contributed by atoms with Crippen molar-refractivity contribution in [1.29, 1.82) is 0 Å². The summed E-state index contributed by atoms with van der Waals surface area (Å²) in [6.07, 6.45) is 11.7. The number of amides is 2. The van der Waals surface area contributed by atoms with E-state index >= 15 is 0 Å². The Morgan fingerprint density at radius 1 is 1.36 bits per heavy atom. The zero-order valence-electron chi connectivity index (χ0n) is 21.1. The summed E-state index contributed by atoms with van der Waals surface area (Å²) >= 11 is 0. The topological polar surface area (TPSA) is 99.3 Å². The molecule has 8 nitrogen and oxygen atoms in total. The third kappa shape index (κ3) is 4.42. The van der Waals surface area contributed by atoms with Crippen LogP contribution in [0.1, 0.15) is 39.8 Å². The van der Waals surface area contributed by atoms with Crippen LogP contribution in [0.3, 0.4) is 0 Å². The van der Waals surface area contributed by atoms with Gasteiger partial charge in [0, 0.05) is 37.0 Å². The zero-order valence-corrected chi connectivity index (χ0v) is 21.1. The van der Waals surface area contributed by atoms with E-state index in [1.54, 1.807) is 0 Å². The highest BCUT2D eigenvalue weighted by molar-refractivity contribution is 6.00. The quantitative estimate of drug-likeness (QED) is 0.521. The summed E-state index contributed by atoms with van der Waals surface area (Å²) in [5.41, 5.74) is 7.21. The maximum absolute atomic E-state index is 12.5. The number of aryl methyl sites for hydroxylation is 1. The first-order valence-corrected chi connectivity index (χ1v) is 12.4.